The first-order valence-corrected chi connectivity index (χ1v) is 6.89. The van der Waals surface area contributed by atoms with E-state index in [9.17, 15) is 4.79 Å². The van der Waals surface area contributed by atoms with E-state index >= 15 is 0 Å². The number of carbonyl (C=O) groups is 1. The second-order valence-corrected chi connectivity index (χ2v) is 5.03. The summed E-state index contributed by atoms with van der Waals surface area (Å²) in [6, 6.07) is 5.86. The third kappa shape index (κ3) is 3.89. The molecular formula is C13H15BrN4O. The van der Waals surface area contributed by atoms with E-state index in [1.165, 1.54) is 6.33 Å². The Labute approximate surface area is 120 Å². The fraction of sp³-hybridized carbons (Fsp3) is 0.308. The highest BCUT2D eigenvalue weighted by Gasteiger charge is 2.07. The van der Waals surface area contributed by atoms with Gasteiger partial charge in [0.2, 0.25) is 5.91 Å². The van der Waals surface area contributed by atoms with Crippen molar-refractivity contribution in [3.05, 3.63) is 40.9 Å². The van der Waals surface area contributed by atoms with Crippen molar-refractivity contribution in [2.45, 2.75) is 26.3 Å². The number of benzene rings is 1. The largest absolute Gasteiger partial charge is 0.326 e. The van der Waals surface area contributed by atoms with Gasteiger partial charge in [-0.25, -0.2) is 4.98 Å². The molecule has 2 rings (SSSR count). The Balaban J connectivity index is 1.95. The summed E-state index contributed by atoms with van der Waals surface area (Å²) in [5, 5.41) is 6.89. The van der Waals surface area contributed by atoms with E-state index in [0.717, 1.165) is 22.1 Å². The molecule has 2 aromatic rings. The quantitative estimate of drug-likeness (QED) is 0.920. The highest BCUT2D eigenvalue weighted by atomic mass is 79.9. The molecule has 0 saturated carbocycles. The molecule has 6 heteroatoms. The molecule has 5 nitrogen and oxygen atoms in total. The maximum Gasteiger partial charge on any atom is 0.226 e. The van der Waals surface area contributed by atoms with E-state index in [4.69, 9.17) is 0 Å². The number of hydrogen-bond donors (Lipinski definition) is 1. The molecule has 0 aliphatic carbocycles. The Morgan fingerprint density at radius 2 is 2.32 bits per heavy atom. The molecule has 0 radical (unpaired) electrons. The number of aryl methyl sites for hydroxylation is 2. The standard InChI is InChI=1S/C13H15BrN4O/c1-2-10-7-11(14)3-4-12(10)17-13(19)5-6-18-9-15-8-16-18/h3-4,7-9H,2,5-6H2,1H3,(H,17,19). The van der Waals surface area contributed by atoms with Crippen LogP contribution in [0.25, 0.3) is 0 Å². The third-order valence-electron chi connectivity index (χ3n) is 2.76. The molecule has 0 aliphatic heterocycles. The number of hydrogen-bond acceptors (Lipinski definition) is 3. The van der Waals surface area contributed by atoms with Crippen LogP contribution in [0.3, 0.4) is 0 Å². The van der Waals surface area contributed by atoms with Crippen molar-refractivity contribution < 1.29 is 4.79 Å². The number of rotatable bonds is 5. The molecule has 0 aliphatic rings. The second-order valence-electron chi connectivity index (χ2n) is 4.11. The van der Waals surface area contributed by atoms with E-state index in [-0.39, 0.29) is 5.91 Å². The molecule has 0 fully saturated rings. The first kappa shape index (κ1) is 13.7. The van der Waals surface area contributed by atoms with Crippen LogP contribution in [-0.2, 0) is 17.8 Å². The molecule has 100 valence electrons. The molecule has 1 N–H and O–H groups in total. The number of nitrogens with zero attached hydrogens (tertiary/aromatic N) is 3. The zero-order valence-corrected chi connectivity index (χ0v) is 12.2. The van der Waals surface area contributed by atoms with Gasteiger partial charge in [-0.05, 0) is 30.2 Å². The maximum absolute atomic E-state index is 11.9. The highest BCUT2D eigenvalue weighted by Crippen LogP contribution is 2.21. The number of nitrogens with one attached hydrogen (secondary N) is 1. The summed E-state index contributed by atoms with van der Waals surface area (Å²) in [6.45, 7) is 2.59. The van der Waals surface area contributed by atoms with Gasteiger partial charge < -0.3 is 5.32 Å². The van der Waals surface area contributed by atoms with Crippen LogP contribution in [0.5, 0.6) is 0 Å². The van der Waals surface area contributed by atoms with E-state index < -0.39 is 0 Å². The van der Waals surface area contributed by atoms with Crippen LogP contribution >= 0.6 is 15.9 Å². The Bertz CT molecular complexity index is 554. The lowest BCUT2D eigenvalue weighted by atomic mass is 10.1. The lowest BCUT2D eigenvalue weighted by Crippen LogP contribution is -2.15. The SMILES string of the molecule is CCc1cc(Br)ccc1NC(=O)CCn1cncn1. The van der Waals surface area contributed by atoms with Gasteiger partial charge in [0.05, 0.1) is 6.54 Å². The Morgan fingerprint density at radius 3 is 3.00 bits per heavy atom. The number of halogens is 1. The molecular weight excluding hydrogens is 308 g/mol. The summed E-state index contributed by atoms with van der Waals surface area (Å²) in [6.07, 6.45) is 4.31. The average Bonchev–Trinajstić information content (AvgIpc) is 2.91. The highest BCUT2D eigenvalue weighted by molar-refractivity contribution is 9.10. The molecule has 1 aromatic carbocycles. The summed E-state index contributed by atoms with van der Waals surface area (Å²) in [4.78, 5) is 15.7. The molecule has 19 heavy (non-hydrogen) atoms. The molecule has 0 spiro atoms. The fourth-order valence-electron chi connectivity index (χ4n) is 1.75. The van der Waals surface area contributed by atoms with Gasteiger partial charge in [-0.1, -0.05) is 22.9 Å². The molecule has 1 aromatic heterocycles. The van der Waals surface area contributed by atoms with Crippen LogP contribution in [-0.4, -0.2) is 20.7 Å². The normalized spacial score (nSPS) is 10.4. The number of carbonyl (C=O) groups excluding carboxylic acids is 1. The van der Waals surface area contributed by atoms with Gasteiger partial charge in [0.1, 0.15) is 12.7 Å². The van der Waals surface area contributed by atoms with Gasteiger partial charge in [-0.3, -0.25) is 9.48 Å². The number of amides is 1. The van der Waals surface area contributed by atoms with Gasteiger partial charge in [0.15, 0.2) is 0 Å². The predicted octanol–water partition coefficient (Wildman–Crippen LogP) is 2.63. The van der Waals surface area contributed by atoms with Gasteiger partial charge in [-0.15, -0.1) is 0 Å². The number of anilines is 1. The monoisotopic (exact) mass is 322 g/mol. The van der Waals surface area contributed by atoms with E-state index in [2.05, 4.69) is 38.3 Å². The lowest BCUT2D eigenvalue weighted by molar-refractivity contribution is -0.116. The van der Waals surface area contributed by atoms with Crippen LogP contribution in [0.2, 0.25) is 0 Å². The van der Waals surface area contributed by atoms with Gasteiger partial charge >= 0.3 is 0 Å². The summed E-state index contributed by atoms with van der Waals surface area (Å²) >= 11 is 3.43. The minimum atomic E-state index is -0.0208. The third-order valence-corrected chi connectivity index (χ3v) is 3.25. The van der Waals surface area contributed by atoms with Crippen molar-refractivity contribution in [2.24, 2.45) is 0 Å². The van der Waals surface area contributed by atoms with Gasteiger partial charge in [-0.2, -0.15) is 5.10 Å². The molecule has 0 bridgehead atoms. The van der Waals surface area contributed by atoms with Crippen molar-refractivity contribution in [1.82, 2.24) is 14.8 Å². The van der Waals surface area contributed by atoms with Crippen LogP contribution in [0.1, 0.15) is 18.9 Å². The summed E-state index contributed by atoms with van der Waals surface area (Å²) in [7, 11) is 0. The molecule has 0 unspecified atom stereocenters. The van der Waals surface area contributed by atoms with Crippen LogP contribution in [0.15, 0.2) is 35.3 Å². The second kappa shape index (κ2) is 6.47. The van der Waals surface area contributed by atoms with Crippen molar-refractivity contribution in [3.63, 3.8) is 0 Å². The zero-order valence-electron chi connectivity index (χ0n) is 10.6. The van der Waals surface area contributed by atoms with Crippen molar-refractivity contribution >= 4 is 27.5 Å². The summed E-state index contributed by atoms with van der Waals surface area (Å²) in [5.74, 6) is -0.0208. The first-order chi connectivity index (χ1) is 9.19. The van der Waals surface area contributed by atoms with Gasteiger partial charge in [0, 0.05) is 16.6 Å². The predicted molar refractivity (Wildman–Crippen MR) is 76.8 cm³/mol. The fourth-order valence-corrected chi connectivity index (χ4v) is 2.16. The average molecular weight is 323 g/mol. The molecule has 0 saturated heterocycles. The van der Waals surface area contributed by atoms with Crippen LogP contribution < -0.4 is 5.32 Å². The molecule has 1 heterocycles. The maximum atomic E-state index is 11.9. The minimum Gasteiger partial charge on any atom is -0.326 e. The lowest BCUT2D eigenvalue weighted by Gasteiger charge is -2.10. The van der Waals surface area contributed by atoms with E-state index in [1.807, 2.05) is 18.2 Å². The van der Waals surface area contributed by atoms with Crippen molar-refractivity contribution in [1.29, 1.82) is 0 Å². The Hall–Kier alpha value is -1.69. The number of aromatic nitrogens is 3. The smallest absolute Gasteiger partial charge is 0.226 e. The van der Waals surface area contributed by atoms with E-state index in [0.29, 0.717) is 13.0 Å². The molecule has 1 amide bonds. The van der Waals surface area contributed by atoms with Crippen LogP contribution in [0, 0.1) is 0 Å². The van der Waals surface area contributed by atoms with Crippen molar-refractivity contribution in [2.75, 3.05) is 5.32 Å². The van der Waals surface area contributed by atoms with Gasteiger partial charge in [0.25, 0.3) is 0 Å². The van der Waals surface area contributed by atoms with Crippen LogP contribution in [0.4, 0.5) is 5.69 Å². The Morgan fingerprint density at radius 1 is 1.47 bits per heavy atom. The topological polar surface area (TPSA) is 59.8 Å². The minimum absolute atomic E-state index is 0.0208. The summed E-state index contributed by atoms with van der Waals surface area (Å²) < 4.78 is 2.66. The van der Waals surface area contributed by atoms with Crippen molar-refractivity contribution in [3.8, 4) is 0 Å². The first-order valence-electron chi connectivity index (χ1n) is 6.09. The molecule has 0 atom stereocenters. The van der Waals surface area contributed by atoms with E-state index in [1.54, 1.807) is 11.0 Å². The Kier molecular flexibility index (Phi) is 4.68. The summed E-state index contributed by atoms with van der Waals surface area (Å²) in [5.41, 5.74) is 1.98. The zero-order chi connectivity index (χ0) is 13.7.